The van der Waals surface area contributed by atoms with Crippen LogP contribution in [0.1, 0.15) is 40.5 Å². The second-order valence-corrected chi connectivity index (χ2v) is 6.22. The molecule has 2 amide bonds. The fourth-order valence-corrected chi connectivity index (χ4v) is 2.31. The van der Waals surface area contributed by atoms with E-state index in [2.05, 4.69) is 33.0 Å². The molecule has 5 heteroatoms. The van der Waals surface area contributed by atoms with Gasteiger partial charge in [-0.2, -0.15) is 0 Å². The van der Waals surface area contributed by atoms with Gasteiger partial charge in [-0.1, -0.05) is 27.7 Å². The molecule has 0 aromatic heterocycles. The number of carbonyl (C=O) groups excluding carboxylic acids is 2. The van der Waals surface area contributed by atoms with Gasteiger partial charge in [0.1, 0.15) is 0 Å². The number of piperazine rings is 1. The third-order valence-corrected chi connectivity index (χ3v) is 3.46. The minimum Gasteiger partial charge on any atom is -0.339 e. The van der Waals surface area contributed by atoms with E-state index in [0.717, 1.165) is 6.54 Å². The quantitative estimate of drug-likeness (QED) is 0.794. The van der Waals surface area contributed by atoms with Crippen LogP contribution in [0.25, 0.3) is 0 Å². The minimum absolute atomic E-state index is 0.189. The molecule has 0 aliphatic carbocycles. The average Bonchev–Trinajstić information content (AvgIpc) is 2.37. The molecule has 0 unspecified atom stereocenters. The van der Waals surface area contributed by atoms with Crippen molar-refractivity contribution < 1.29 is 9.59 Å². The molecule has 1 fully saturated rings. The Labute approximate surface area is 122 Å². The molecule has 116 valence electrons. The summed E-state index contributed by atoms with van der Waals surface area (Å²) in [5, 5.41) is 3.25. The highest BCUT2D eigenvalue weighted by Crippen LogP contribution is 2.09. The van der Waals surface area contributed by atoms with Crippen LogP contribution in [0.5, 0.6) is 0 Å². The van der Waals surface area contributed by atoms with Crippen molar-refractivity contribution in [1.29, 1.82) is 0 Å². The Hall–Kier alpha value is -1.10. The lowest BCUT2D eigenvalue weighted by Crippen LogP contribution is -2.51. The zero-order chi connectivity index (χ0) is 15.1. The lowest BCUT2D eigenvalue weighted by atomic mass is 10.1. The first-order valence-corrected chi connectivity index (χ1v) is 7.69. The third kappa shape index (κ3) is 5.90. The van der Waals surface area contributed by atoms with E-state index < -0.39 is 0 Å². The molecule has 20 heavy (non-hydrogen) atoms. The minimum atomic E-state index is 0.189. The number of carbonyl (C=O) groups is 2. The van der Waals surface area contributed by atoms with Crippen molar-refractivity contribution in [3.8, 4) is 0 Å². The van der Waals surface area contributed by atoms with Crippen LogP contribution in [0, 0.1) is 5.92 Å². The molecule has 1 saturated heterocycles. The molecule has 1 heterocycles. The van der Waals surface area contributed by atoms with Crippen molar-refractivity contribution in [3.05, 3.63) is 0 Å². The fraction of sp³-hybridized carbons (Fsp3) is 0.867. The van der Waals surface area contributed by atoms with Gasteiger partial charge >= 0.3 is 0 Å². The van der Waals surface area contributed by atoms with Gasteiger partial charge < -0.3 is 15.1 Å². The first kappa shape index (κ1) is 17.0. The highest BCUT2D eigenvalue weighted by molar-refractivity contribution is 5.78. The van der Waals surface area contributed by atoms with Gasteiger partial charge in [0.25, 0.3) is 0 Å². The molecule has 1 aliphatic heterocycles. The van der Waals surface area contributed by atoms with Crippen LogP contribution in [-0.4, -0.2) is 60.4 Å². The van der Waals surface area contributed by atoms with Crippen molar-refractivity contribution >= 4 is 11.8 Å². The van der Waals surface area contributed by atoms with E-state index in [-0.39, 0.29) is 11.8 Å². The van der Waals surface area contributed by atoms with E-state index >= 15 is 0 Å². The Kier molecular flexibility index (Phi) is 6.99. The van der Waals surface area contributed by atoms with Crippen molar-refractivity contribution in [2.24, 2.45) is 5.92 Å². The van der Waals surface area contributed by atoms with Gasteiger partial charge in [-0.3, -0.25) is 9.59 Å². The molecule has 0 aromatic rings. The predicted molar refractivity (Wildman–Crippen MR) is 80.4 cm³/mol. The number of rotatable bonds is 6. The molecule has 0 spiro atoms. The number of hydrogen-bond acceptors (Lipinski definition) is 3. The third-order valence-electron chi connectivity index (χ3n) is 3.46. The molecular weight excluding hydrogens is 254 g/mol. The number of nitrogens with zero attached hydrogens (tertiary/aromatic N) is 2. The molecule has 1 N–H and O–H groups in total. The highest BCUT2D eigenvalue weighted by atomic mass is 16.2. The summed E-state index contributed by atoms with van der Waals surface area (Å²) < 4.78 is 0. The lowest BCUT2D eigenvalue weighted by molar-refractivity contribution is -0.139. The van der Waals surface area contributed by atoms with Gasteiger partial charge in [-0.15, -0.1) is 0 Å². The van der Waals surface area contributed by atoms with Crippen LogP contribution in [0.4, 0.5) is 0 Å². The Bertz CT molecular complexity index is 321. The summed E-state index contributed by atoms with van der Waals surface area (Å²) in [7, 11) is 0. The van der Waals surface area contributed by atoms with Crippen LogP contribution in [0.15, 0.2) is 0 Å². The smallest absolute Gasteiger partial charge is 0.223 e. The van der Waals surface area contributed by atoms with Crippen LogP contribution in [0.2, 0.25) is 0 Å². The molecule has 0 atom stereocenters. The van der Waals surface area contributed by atoms with Gasteiger partial charge in [0.05, 0.1) is 0 Å². The van der Waals surface area contributed by atoms with E-state index in [1.54, 1.807) is 0 Å². The van der Waals surface area contributed by atoms with Crippen molar-refractivity contribution in [2.45, 2.75) is 46.6 Å². The van der Waals surface area contributed by atoms with E-state index in [9.17, 15) is 9.59 Å². The summed E-state index contributed by atoms with van der Waals surface area (Å²) in [4.78, 5) is 27.7. The maximum atomic E-state index is 12.0. The topological polar surface area (TPSA) is 52.7 Å². The molecule has 0 saturated carbocycles. The lowest BCUT2D eigenvalue weighted by Gasteiger charge is -2.35. The SMILES string of the molecule is CC(C)CC(=O)N1CCN(C(=O)CCNC(C)C)CC1. The molecule has 1 aliphatic rings. The second-order valence-electron chi connectivity index (χ2n) is 6.22. The van der Waals surface area contributed by atoms with Gasteiger partial charge in [0.15, 0.2) is 0 Å². The molecule has 1 rings (SSSR count). The first-order valence-electron chi connectivity index (χ1n) is 7.69. The van der Waals surface area contributed by atoms with E-state index in [4.69, 9.17) is 0 Å². The molecule has 5 nitrogen and oxygen atoms in total. The maximum absolute atomic E-state index is 12.0. The van der Waals surface area contributed by atoms with Gasteiger partial charge in [0, 0.05) is 51.6 Å². The van der Waals surface area contributed by atoms with Crippen LogP contribution >= 0.6 is 0 Å². The molecule has 0 aromatic carbocycles. The van der Waals surface area contributed by atoms with Crippen molar-refractivity contribution in [3.63, 3.8) is 0 Å². The monoisotopic (exact) mass is 283 g/mol. The number of nitrogens with one attached hydrogen (secondary N) is 1. The molecule has 0 radical (unpaired) electrons. The van der Waals surface area contributed by atoms with Crippen molar-refractivity contribution in [1.82, 2.24) is 15.1 Å². The van der Waals surface area contributed by atoms with Crippen molar-refractivity contribution in [2.75, 3.05) is 32.7 Å². The summed E-state index contributed by atoms with van der Waals surface area (Å²) in [6.45, 7) is 11.7. The summed E-state index contributed by atoms with van der Waals surface area (Å²) in [5.41, 5.74) is 0. The largest absolute Gasteiger partial charge is 0.339 e. The summed E-state index contributed by atoms with van der Waals surface area (Å²) in [6.07, 6.45) is 1.14. The Morgan fingerprint density at radius 3 is 1.90 bits per heavy atom. The van der Waals surface area contributed by atoms with Gasteiger partial charge in [0.2, 0.25) is 11.8 Å². The second kappa shape index (κ2) is 8.25. The number of hydrogen-bond donors (Lipinski definition) is 1. The average molecular weight is 283 g/mol. The predicted octanol–water partition coefficient (Wildman–Crippen LogP) is 1.09. The Morgan fingerprint density at radius 1 is 0.950 bits per heavy atom. The van der Waals surface area contributed by atoms with Crippen LogP contribution < -0.4 is 5.32 Å². The standard InChI is InChI=1S/C15H29N3O2/c1-12(2)11-15(20)18-9-7-17(8-10-18)14(19)5-6-16-13(3)4/h12-13,16H,5-11H2,1-4H3. The summed E-state index contributed by atoms with van der Waals surface area (Å²) in [5.74, 6) is 0.798. The van der Waals surface area contributed by atoms with E-state index in [0.29, 0.717) is 51.0 Å². The zero-order valence-corrected chi connectivity index (χ0v) is 13.3. The Morgan fingerprint density at radius 2 is 1.45 bits per heavy atom. The molecular formula is C15H29N3O2. The van der Waals surface area contributed by atoms with Crippen LogP contribution in [-0.2, 0) is 9.59 Å². The maximum Gasteiger partial charge on any atom is 0.223 e. The molecule has 0 bridgehead atoms. The Balaban J connectivity index is 2.27. The van der Waals surface area contributed by atoms with Crippen LogP contribution in [0.3, 0.4) is 0 Å². The summed E-state index contributed by atoms with van der Waals surface area (Å²) in [6, 6.07) is 0.410. The van der Waals surface area contributed by atoms with Gasteiger partial charge in [-0.25, -0.2) is 0 Å². The number of amides is 2. The fourth-order valence-electron chi connectivity index (χ4n) is 2.31. The highest BCUT2D eigenvalue weighted by Gasteiger charge is 2.23. The van der Waals surface area contributed by atoms with E-state index in [1.165, 1.54) is 0 Å². The normalized spacial score (nSPS) is 16.1. The zero-order valence-electron chi connectivity index (χ0n) is 13.3. The van der Waals surface area contributed by atoms with Gasteiger partial charge in [-0.05, 0) is 5.92 Å². The first-order chi connectivity index (χ1) is 9.40. The van der Waals surface area contributed by atoms with E-state index in [1.807, 2.05) is 9.80 Å². The summed E-state index contributed by atoms with van der Waals surface area (Å²) >= 11 is 0.